The molecule has 0 bridgehead atoms. The Hall–Kier alpha value is -2.95. The average molecular weight is 364 g/mol. The third-order valence-corrected chi connectivity index (χ3v) is 4.73. The van der Waals surface area contributed by atoms with Crippen molar-refractivity contribution in [3.63, 3.8) is 0 Å². The van der Waals surface area contributed by atoms with Gasteiger partial charge in [0.15, 0.2) is 11.5 Å². The Bertz CT molecular complexity index is 916. The molecule has 0 fully saturated rings. The normalized spacial score (nSPS) is 17.1. The minimum Gasteiger partial charge on any atom is -0.503 e. The lowest BCUT2D eigenvalue weighted by Crippen LogP contribution is -2.31. The van der Waals surface area contributed by atoms with Gasteiger partial charge in [-0.2, -0.15) is 0 Å². The van der Waals surface area contributed by atoms with Crippen LogP contribution in [0.2, 0.25) is 0 Å². The summed E-state index contributed by atoms with van der Waals surface area (Å²) in [5.41, 5.74) is 3.43. The number of aryl methyl sites for hydroxylation is 2. The molecule has 1 amide bonds. The van der Waals surface area contributed by atoms with Crippen LogP contribution in [-0.4, -0.2) is 21.8 Å². The number of carbonyl (C=O) groups is 2. The van der Waals surface area contributed by atoms with Crippen LogP contribution < -0.4 is 4.90 Å². The maximum absolute atomic E-state index is 13.0. The molecule has 5 nitrogen and oxygen atoms in total. The molecule has 2 aromatic rings. The second kappa shape index (κ2) is 7.35. The number of aromatic nitrogens is 1. The van der Waals surface area contributed by atoms with Crippen molar-refractivity contribution in [2.24, 2.45) is 5.92 Å². The maximum Gasteiger partial charge on any atom is 0.294 e. The molecule has 2 heterocycles. The Kier molecular flexibility index (Phi) is 5.13. The quantitative estimate of drug-likeness (QED) is 0.862. The van der Waals surface area contributed by atoms with Crippen molar-refractivity contribution in [3.8, 4) is 0 Å². The van der Waals surface area contributed by atoms with E-state index in [9.17, 15) is 14.7 Å². The van der Waals surface area contributed by atoms with Crippen LogP contribution in [-0.2, 0) is 9.59 Å². The summed E-state index contributed by atoms with van der Waals surface area (Å²) in [6.45, 7) is 7.73. The largest absolute Gasteiger partial charge is 0.503 e. The van der Waals surface area contributed by atoms with Gasteiger partial charge in [0.2, 0.25) is 0 Å². The molecular formula is C22H24N2O3. The topological polar surface area (TPSA) is 70.5 Å². The average Bonchev–Trinajstić information content (AvgIpc) is 2.89. The van der Waals surface area contributed by atoms with Gasteiger partial charge in [-0.25, -0.2) is 0 Å². The molecule has 1 N–H and O–H groups in total. The highest BCUT2D eigenvalue weighted by Gasteiger charge is 2.44. The fraction of sp³-hybridized carbons (Fsp3) is 0.318. The number of aliphatic hydroxyl groups excluding tert-OH is 1. The minimum atomic E-state index is -0.682. The highest BCUT2D eigenvalue weighted by Crippen LogP contribution is 2.42. The number of amides is 1. The number of hydrogen-bond acceptors (Lipinski definition) is 4. The molecule has 0 spiro atoms. The molecule has 1 aromatic carbocycles. The summed E-state index contributed by atoms with van der Waals surface area (Å²) >= 11 is 0. The molecule has 1 aliphatic heterocycles. The first-order valence-electron chi connectivity index (χ1n) is 9.08. The van der Waals surface area contributed by atoms with Crippen LogP contribution in [0.3, 0.4) is 0 Å². The van der Waals surface area contributed by atoms with Crippen LogP contribution >= 0.6 is 0 Å². The molecule has 5 heteroatoms. The number of nitrogens with zero attached hydrogens (tertiary/aromatic N) is 2. The van der Waals surface area contributed by atoms with E-state index in [4.69, 9.17) is 0 Å². The first kappa shape index (κ1) is 18.8. The minimum absolute atomic E-state index is 0.122. The molecule has 1 aromatic heterocycles. The zero-order chi connectivity index (χ0) is 19.7. The van der Waals surface area contributed by atoms with E-state index in [1.807, 2.05) is 52.0 Å². The Labute approximate surface area is 159 Å². The monoisotopic (exact) mass is 364 g/mol. The number of Topliss-reactive ketones (excluding diaryl/α,β-unsaturated/α-hetero) is 1. The molecule has 0 aliphatic carbocycles. The number of rotatable bonds is 5. The van der Waals surface area contributed by atoms with Crippen molar-refractivity contribution in [2.45, 2.75) is 40.2 Å². The lowest BCUT2D eigenvalue weighted by molar-refractivity contribution is -0.118. The molecule has 3 rings (SSSR count). The second-order valence-corrected chi connectivity index (χ2v) is 7.44. The van der Waals surface area contributed by atoms with Crippen molar-refractivity contribution in [3.05, 3.63) is 70.7 Å². The first-order chi connectivity index (χ1) is 12.8. The van der Waals surface area contributed by atoms with E-state index in [-0.39, 0.29) is 23.7 Å². The maximum atomic E-state index is 13.0. The Balaban J connectivity index is 2.18. The zero-order valence-corrected chi connectivity index (χ0v) is 16.1. The number of anilines is 1. The highest BCUT2D eigenvalue weighted by atomic mass is 16.3. The van der Waals surface area contributed by atoms with Crippen LogP contribution in [0.1, 0.15) is 43.0 Å². The van der Waals surface area contributed by atoms with Gasteiger partial charge in [-0.3, -0.25) is 19.5 Å². The SMILES string of the molecule is Cc1ccc(C)c(N2C(=O)C(O)=C(C(=O)CC(C)C)C2c2cccnc2)c1. The third kappa shape index (κ3) is 3.50. The molecular weight excluding hydrogens is 340 g/mol. The van der Waals surface area contributed by atoms with Crippen LogP contribution in [0.25, 0.3) is 0 Å². The van der Waals surface area contributed by atoms with Gasteiger partial charge in [0.05, 0.1) is 11.6 Å². The van der Waals surface area contributed by atoms with Crippen LogP contribution in [0.5, 0.6) is 0 Å². The van der Waals surface area contributed by atoms with Crippen molar-refractivity contribution in [2.75, 3.05) is 4.90 Å². The molecule has 0 radical (unpaired) electrons. The number of hydrogen-bond donors (Lipinski definition) is 1. The standard InChI is InChI=1S/C22H24N2O3/c1-13(2)10-18(25)19-20(16-6-5-9-23-12-16)24(22(27)21(19)26)17-11-14(3)7-8-15(17)4/h5-9,11-13,20,26H,10H2,1-4H3. The number of aliphatic hydroxyl groups is 1. The molecule has 0 saturated heterocycles. The molecule has 140 valence electrons. The summed E-state index contributed by atoms with van der Waals surface area (Å²) in [7, 11) is 0. The van der Waals surface area contributed by atoms with Gasteiger partial charge in [0.1, 0.15) is 0 Å². The predicted molar refractivity (Wildman–Crippen MR) is 104 cm³/mol. The Morgan fingerprint density at radius 1 is 1.26 bits per heavy atom. The van der Waals surface area contributed by atoms with Crippen molar-refractivity contribution in [1.82, 2.24) is 4.98 Å². The summed E-state index contributed by atoms with van der Waals surface area (Å²) in [6, 6.07) is 8.71. The van der Waals surface area contributed by atoms with Gasteiger partial charge in [0.25, 0.3) is 5.91 Å². The molecule has 1 unspecified atom stereocenters. The fourth-order valence-corrected chi connectivity index (χ4v) is 3.45. The summed E-state index contributed by atoms with van der Waals surface area (Å²) < 4.78 is 0. The summed E-state index contributed by atoms with van der Waals surface area (Å²) in [6.07, 6.45) is 3.54. The van der Waals surface area contributed by atoms with E-state index in [2.05, 4.69) is 4.98 Å². The number of ketones is 1. The van der Waals surface area contributed by atoms with E-state index < -0.39 is 17.7 Å². The first-order valence-corrected chi connectivity index (χ1v) is 9.08. The lowest BCUT2D eigenvalue weighted by Gasteiger charge is -2.28. The van der Waals surface area contributed by atoms with E-state index in [1.165, 1.54) is 4.90 Å². The summed E-state index contributed by atoms with van der Waals surface area (Å²) in [4.78, 5) is 31.6. The van der Waals surface area contributed by atoms with Gasteiger partial charge in [0, 0.05) is 24.5 Å². The summed E-state index contributed by atoms with van der Waals surface area (Å²) in [5, 5.41) is 10.6. The molecule has 0 saturated carbocycles. The van der Waals surface area contributed by atoms with E-state index in [0.29, 0.717) is 11.3 Å². The smallest absolute Gasteiger partial charge is 0.294 e. The lowest BCUT2D eigenvalue weighted by atomic mass is 9.92. The van der Waals surface area contributed by atoms with E-state index >= 15 is 0 Å². The van der Waals surface area contributed by atoms with E-state index in [1.54, 1.807) is 18.5 Å². The van der Waals surface area contributed by atoms with Gasteiger partial charge in [-0.05, 0) is 48.6 Å². The molecule has 1 atom stereocenters. The zero-order valence-electron chi connectivity index (χ0n) is 16.1. The van der Waals surface area contributed by atoms with Crippen LogP contribution in [0.4, 0.5) is 5.69 Å². The van der Waals surface area contributed by atoms with Crippen molar-refractivity contribution >= 4 is 17.4 Å². The number of carbonyl (C=O) groups excluding carboxylic acids is 2. The number of benzene rings is 1. The molecule has 1 aliphatic rings. The van der Waals surface area contributed by atoms with Crippen molar-refractivity contribution < 1.29 is 14.7 Å². The van der Waals surface area contributed by atoms with Crippen molar-refractivity contribution in [1.29, 1.82) is 0 Å². The Morgan fingerprint density at radius 3 is 2.63 bits per heavy atom. The van der Waals surface area contributed by atoms with Gasteiger partial charge in [-0.15, -0.1) is 0 Å². The van der Waals surface area contributed by atoms with Gasteiger partial charge < -0.3 is 5.11 Å². The number of pyridine rings is 1. The third-order valence-electron chi connectivity index (χ3n) is 4.73. The van der Waals surface area contributed by atoms with Crippen LogP contribution in [0, 0.1) is 19.8 Å². The highest BCUT2D eigenvalue weighted by molar-refractivity contribution is 6.16. The summed E-state index contributed by atoms with van der Waals surface area (Å²) in [5.74, 6) is -1.10. The van der Waals surface area contributed by atoms with Gasteiger partial charge >= 0.3 is 0 Å². The van der Waals surface area contributed by atoms with E-state index in [0.717, 1.165) is 11.1 Å². The predicted octanol–water partition coefficient (Wildman–Crippen LogP) is 4.21. The Morgan fingerprint density at radius 2 is 2.00 bits per heavy atom. The van der Waals surface area contributed by atoms with Crippen LogP contribution in [0.15, 0.2) is 54.1 Å². The fourth-order valence-electron chi connectivity index (χ4n) is 3.45. The van der Waals surface area contributed by atoms with Gasteiger partial charge in [-0.1, -0.05) is 32.0 Å². The molecule has 27 heavy (non-hydrogen) atoms. The second-order valence-electron chi connectivity index (χ2n) is 7.44.